The minimum absolute atomic E-state index is 0.0461. The van der Waals surface area contributed by atoms with Crippen molar-refractivity contribution in [3.63, 3.8) is 0 Å². The molecule has 15 heavy (non-hydrogen) atoms. The molecule has 0 bridgehead atoms. The van der Waals surface area contributed by atoms with Crippen LogP contribution >= 0.6 is 0 Å². The predicted octanol–water partition coefficient (Wildman–Crippen LogP) is 2.05. The monoisotopic (exact) mass is 221 g/mol. The van der Waals surface area contributed by atoms with Gasteiger partial charge in [0.1, 0.15) is 11.5 Å². The Morgan fingerprint density at radius 2 is 1.60 bits per heavy atom. The number of phenolic OH excluding ortho intramolecular Hbond substituents is 2. The summed E-state index contributed by atoms with van der Waals surface area (Å²) in [6.07, 6.45) is -5.57. The number of hydrogen-bond acceptors (Lipinski definition) is 3. The van der Waals surface area contributed by atoms with Gasteiger partial charge in [-0.2, -0.15) is 13.2 Å². The number of benzene rings is 1. The third-order valence-electron chi connectivity index (χ3n) is 1.80. The first-order chi connectivity index (χ1) is 6.78. The van der Waals surface area contributed by atoms with E-state index >= 15 is 0 Å². The highest BCUT2D eigenvalue weighted by atomic mass is 19.4. The van der Waals surface area contributed by atoms with Gasteiger partial charge in [0.15, 0.2) is 0 Å². The minimum Gasteiger partial charge on any atom is -0.508 e. The molecule has 0 saturated carbocycles. The summed E-state index contributed by atoms with van der Waals surface area (Å²) in [6, 6.07) is 1.92. The van der Waals surface area contributed by atoms with Gasteiger partial charge in [0, 0.05) is 12.1 Å². The van der Waals surface area contributed by atoms with Crippen molar-refractivity contribution in [2.75, 3.05) is 0 Å². The Morgan fingerprint density at radius 1 is 1.13 bits per heavy atom. The summed E-state index contributed by atoms with van der Waals surface area (Å²) in [5.41, 5.74) is 5.32. The van der Waals surface area contributed by atoms with Crippen LogP contribution in [0.2, 0.25) is 0 Å². The zero-order valence-corrected chi connectivity index (χ0v) is 7.62. The minimum atomic E-state index is -4.37. The molecule has 0 unspecified atom stereocenters. The maximum atomic E-state index is 12.0. The third kappa shape index (κ3) is 3.67. The number of alkyl halides is 3. The van der Waals surface area contributed by atoms with Gasteiger partial charge in [-0.25, -0.2) is 0 Å². The molecule has 1 rings (SSSR count). The zero-order valence-electron chi connectivity index (χ0n) is 7.62. The molecule has 4 N–H and O–H groups in total. The second kappa shape index (κ2) is 3.98. The summed E-state index contributed by atoms with van der Waals surface area (Å²) < 4.78 is 36.0. The summed E-state index contributed by atoms with van der Waals surface area (Å²) in [7, 11) is 0. The van der Waals surface area contributed by atoms with Crippen LogP contribution in [0.1, 0.15) is 18.0 Å². The van der Waals surface area contributed by atoms with E-state index in [0.717, 1.165) is 18.2 Å². The van der Waals surface area contributed by atoms with Crippen LogP contribution in [0.25, 0.3) is 0 Å². The fourth-order valence-corrected chi connectivity index (χ4v) is 1.20. The zero-order chi connectivity index (χ0) is 11.6. The Labute approximate surface area is 84.0 Å². The van der Waals surface area contributed by atoms with E-state index in [9.17, 15) is 13.2 Å². The Hall–Kier alpha value is -1.43. The summed E-state index contributed by atoms with van der Waals surface area (Å²) in [4.78, 5) is 0. The lowest BCUT2D eigenvalue weighted by atomic mass is 10.0. The Kier molecular flexibility index (Phi) is 3.09. The smallest absolute Gasteiger partial charge is 0.390 e. The normalized spacial score (nSPS) is 13.9. The van der Waals surface area contributed by atoms with Gasteiger partial charge in [0.25, 0.3) is 0 Å². The van der Waals surface area contributed by atoms with Gasteiger partial charge in [0.05, 0.1) is 6.42 Å². The first-order valence-corrected chi connectivity index (χ1v) is 4.13. The maximum Gasteiger partial charge on any atom is 0.390 e. The molecule has 0 fully saturated rings. The van der Waals surface area contributed by atoms with E-state index in [1.54, 1.807) is 0 Å². The van der Waals surface area contributed by atoms with Crippen molar-refractivity contribution in [1.82, 2.24) is 0 Å². The second-order valence-electron chi connectivity index (χ2n) is 3.21. The van der Waals surface area contributed by atoms with Gasteiger partial charge < -0.3 is 15.9 Å². The number of phenols is 2. The molecule has 6 heteroatoms. The molecule has 0 aromatic heterocycles. The molecule has 0 radical (unpaired) electrons. The molecule has 0 aliphatic carbocycles. The molecule has 1 atom stereocenters. The van der Waals surface area contributed by atoms with Crippen molar-refractivity contribution < 1.29 is 23.4 Å². The standard InChI is InChI=1S/C9H10F3NO2/c10-9(11,12)4-8(13)5-1-6(14)3-7(15)2-5/h1-3,8,14-15H,4,13H2/t8-/m1/s1. The second-order valence-corrected chi connectivity index (χ2v) is 3.21. The van der Waals surface area contributed by atoms with Crippen molar-refractivity contribution in [2.24, 2.45) is 5.73 Å². The number of halogens is 3. The van der Waals surface area contributed by atoms with Crippen molar-refractivity contribution in [1.29, 1.82) is 0 Å². The van der Waals surface area contributed by atoms with Crippen molar-refractivity contribution >= 4 is 0 Å². The average Bonchev–Trinajstić information content (AvgIpc) is 1.98. The molecular weight excluding hydrogens is 211 g/mol. The highest BCUT2D eigenvalue weighted by Crippen LogP contribution is 2.31. The largest absolute Gasteiger partial charge is 0.508 e. The SMILES string of the molecule is N[C@H](CC(F)(F)F)c1cc(O)cc(O)c1. The van der Waals surface area contributed by atoms with Gasteiger partial charge in [-0.15, -0.1) is 0 Å². The van der Waals surface area contributed by atoms with Crippen molar-refractivity contribution in [2.45, 2.75) is 18.6 Å². The fourth-order valence-electron chi connectivity index (χ4n) is 1.20. The highest BCUT2D eigenvalue weighted by Gasteiger charge is 2.31. The first-order valence-electron chi connectivity index (χ1n) is 4.13. The van der Waals surface area contributed by atoms with E-state index in [2.05, 4.69) is 0 Å². The number of nitrogens with two attached hydrogens (primary N) is 1. The van der Waals surface area contributed by atoms with Crippen LogP contribution in [0.4, 0.5) is 13.2 Å². The summed E-state index contributed by atoms with van der Waals surface area (Å²) in [5.74, 6) is -0.634. The van der Waals surface area contributed by atoms with Crippen LogP contribution in [0.3, 0.4) is 0 Å². The molecule has 1 aromatic rings. The van der Waals surface area contributed by atoms with E-state index in [1.165, 1.54) is 0 Å². The number of rotatable bonds is 2. The molecule has 0 saturated heterocycles. The van der Waals surface area contributed by atoms with E-state index < -0.39 is 18.6 Å². The van der Waals surface area contributed by atoms with Gasteiger partial charge in [0.2, 0.25) is 0 Å². The van der Waals surface area contributed by atoms with Crippen LogP contribution in [0, 0.1) is 0 Å². The van der Waals surface area contributed by atoms with Crippen LogP contribution in [0.15, 0.2) is 18.2 Å². The van der Waals surface area contributed by atoms with Crippen molar-refractivity contribution in [3.05, 3.63) is 23.8 Å². The van der Waals surface area contributed by atoms with Gasteiger partial charge in [-0.3, -0.25) is 0 Å². The maximum absolute atomic E-state index is 12.0. The lowest BCUT2D eigenvalue weighted by Gasteiger charge is -2.14. The molecular formula is C9H10F3NO2. The van der Waals surface area contributed by atoms with E-state index in [4.69, 9.17) is 15.9 Å². The van der Waals surface area contributed by atoms with Crippen molar-refractivity contribution in [3.8, 4) is 11.5 Å². The Morgan fingerprint density at radius 3 is 2.00 bits per heavy atom. The summed E-state index contributed by atoms with van der Waals surface area (Å²) in [6.45, 7) is 0. The lowest BCUT2D eigenvalue weighted by molar-refractivity contribution is -0.138. The average molecular weight is 221 g/mol. The highest BCUT2D eigenvalue weighted by molar-refractivity contribution is 5.38. The van der Waals surface area contributed by atoms with Gasteiger partial charge in [-0.1, -0.05) is 0 Å². The Balaban J connectivity index is 2.86. The van der Waals surface area contributed by atoms with Crippen LogP contribution in [-0.4, -0.2) is 16.4 Å². The third-order valence-corrected chi connectivity index (χ3v) is 1.80. The quantitative estimate of drug-likeness (QED) is 0.716. The fraction of sp³-hybridized carbons (Fsp3) is 0.333. The molecule has 84 valence electrons. The predicted molar refractivity (Wildman–Crippen MR) is 47.4 cm³/mol. The topological polar surface area (TPSA) is 66.5 Å². The molecule has 0 spiro atoms. The Bertz CT molecular complexity index is 331. The van der Waals surface area contributed by atoms with E-state index in [0.29, 0.717) is 0 Å². The van der Waals surface area contributed by atoms with E-state index in [-0.39, 0.29) is 17.1 Å². The number of aromatic hydroxyl groups is 2. The molecule has 1 aromatic carbocycles. The lowest BCUT2D eigenvalue weighted by Crippen LogP contribution is -2.20. The molecule has 0 aliphatic heterocycles. The molecule has 0 heterocycles. The molecule has 0 amide bonds. The van der Waals surface area contributed by atoms with Gasteiger partial charge >= 0.3 is 6.18 Å². The molecule has 3 nitrogen and oxygen atoms in total. The van der Waals surface area contributed by atoms with Crippen LogP contribution in [0.5, 0.6) is 11.5 Å². The number of hydrogen-bond donors (Lipinski definition) is 3. The summed E-state index contributed by atoms with van der Waals surface area (Å²) in [5, 5.41) is 18.1. The molecule has 0 aliphatic rings. The van der Waals surface area contributed by atoms with E-state index in [1.807, 2.05) is 0 Å². The van der Waals surface area contributed by atoms with Crippen LogP contribution < -0.4 is 5.73 Å². The van der Waals surface area contributed by atoms with Crippen LogP contribution in [-0.2, 0) is 0 Å². The summed E-state index contributed by atoms with van der Waals surface area (Å²) >= 11 is 0. The first kappa shape index (κ1) is 11.6. The van der Waals surface area contributed by atoms with Gasteiger partial charge in [-0.05, 0) is 17.7 Å².